The third kappa shape index (κ3) is 9.65. The number of fused-ring (bicyclic) bond motifs is 1. The first-order valence-electron chi connectivity index (χ1n) is 21.6. The van der Waals surface area contributed by atoms with Gasteiger partial charge in [-0.25, -0.2) is 9.97 Å². The van der Waals surface area contributed by atoms with Gasteiger partial charge in [0.2, 0.25) is 11.8 Å². The Hall–Kier alpha value is -6.81. The van der Waals surface area contributed by atoms with Gasteiger partial charge in [0.25, 0.3) is 11.8 Å². The molecule has 3 aromatic carbocycles. The molecule has 4 amide bonds. The van der Waals surface area contributed by atoms with Crippen molar-refractivity contribution in [1.82, 2.24) is 44.7 Å². The minimum atomic E-state index is -0.590. The number of anilines is 2. The summed E-state index contributed by atoms with van der Waals surface area (Å²) in [4.78, 5) is 77.7. The highest BCUT2D eigenvalue weighted by Gasteiger charge is 2.39. The fourth-order valence-corrected chi connectivity index (χ4v) is 8.57. The SMILES string of the molecule is CC(=O)c1cccc(NCc2nnc(-c3ccncn3)n2C)c1.CC(C)c1cccc(C(=O)N2CC(CN3CCN(c4ccc5c(c4)CN(C4CCC(=O)NC4=O)C5=O)CC3)C2)c1. The van der Waals surface area contributed by atoms with Crippen molar-refractivity contribution in [2.24, 2.45) is 13.0 Å². The zero-order chi connectivity index (χ0) is 44.2. The number of ketones is 1. The fraction of sp³-hybridized carbons (Fsp3) is 0.383. The summed E-state index contributed by atoms with van der Waals surface area (Å²) in [5.74, 6) is 1.74. The summed E-state index contributed by atoms with van der Waals surface area (Å²) in [6, 6.07) is 22.5. The van der Waals surface area contributed by atoms with Gasteiger partial charge in [-0.2, -0.15) is 0 Å². The van der Waals surface area contributed by atoms with E-state index in [4.69, 9.17) is 0 Å². The van der Waals surface area contributed by atoms with Crippen molar-refractivity contribution in [3.63, 3.8) is 0 Å². The van der Waals surface area contributed by atoms with Gasteiger partial charge in [0, 0.05) is 106 Å². The van der Waals surface area contributed by atoms with Gasteiger partial charge in [0.1, 0.15) is 18.1 Å². The number of benzene rings is 3. The van der Waals surface area contributed by atoms with E-state index in [-0.39, 0.29) is 35.8 Å². The van der Waals surface area contributed by atoms with Crippen molar-refractivity contribution in [3.05, 3.63) is 119 Å². The number of hydrogen-bond acceptors (Lipinski definition) is 12. The minimum Gasteiger partial charge on any atom is -0.378 e. The van der Waals surface area contributed by atoms with Crippen LogP contribution in [-0.2, 0) is 29.7 Å². The van der Waals surface area contributed by atoms with Gasteiger partial charge >= 0.3 is 0 Å². The highest BCUT2D eigenvalue weighted by molar-refractivity contribution is 6.05. The number of piperidine rings is 1. The number of likely N-dealkylation sites (tertiary alicyclic amines) is 1. The second kappa shape index (κ2) is 18.7. The zero-order valence-corrected chi connectivity index (χ0v) is 36.2. The second-order valence-electron chi connectivity index (χ2n) is 17.0. The van der Waals surface area contributed by atoms with Gasteiger partial charge in [-0.05, 0) is 78.9 Å². The number of Topliss-reactive ketones (excluding diaryl/α,β-unsaturated/α-hetero) is 1. The Morgan fingerprint density at radius 3 is 2.41 bits per heavy atom. The number of amides is 4. The van der Waals surface area contributed by atoms with Crippen LogP contribution in [0.2, 0.25) is 0 Å². The van der Waals surface area contributed by atoms with Gasteiger partial charge in [-0.1, -0.05) is 38.1 Å². The average molecular weight is 852 g/mol. The standard InChI is InChI=1S/C31H37N5O4.C16H16N6O/c1-20(2)22-4-3-5-23(14-22)30(39)35-17-21(18-35)16-33-10-12-34(13-11-33)25-6-7-26-24(15-25)19-36(31(26)40)27-8-9-28(37)32-29(27)38;1-11(23)12-4-3-5-13(8-12)18-9-15-20-21-16(22(15)2)14-6-7-17-10-19-14/h3-7,14-15,20-21,27H,8-13,16-19H2,1-2H3,(H,32,37,38);3-8,10,18H,9H2,1-2H3. The number of rotatable bonds is 11. The van der Waals surface area contributed by atoms with E-state index < -0.39 is 6.04 Å². The molecule has 4 aliphatic heterocycles. The first-order chi connectivity index (χ1) is 30.4. The van der Waals surface area contributed by atoms with Crippen LogP contribution in [0.5, 0.6) is 0 Å². The maximum absolute atomic E-state index is 13.0. The maximum Gasteiger partial charge on any atom is 0.255 e. The highest BCUT2D eigenvalue weighted by Crippen LogP contribution is 2.31. The molecule has 5 aromatic rings. The Bertz CT molecular complexity index is 2510. The third-order valence-corrected chi connectivity index (χ3v) is 12.3. The van der Waals surface area contributed by atoms with Crippen LogP contribution < -0.4 is 15.5 Å². The molecule has 326 valence electrons. The zero-order valence-electron chi connectivity index (χ0n) is 36.2. The Labute approximate surface area is 366 Å². The lowest BCUT2D eigenvalue weighted by atomic mass is 9.96. The lowest BCUT2D eigenvalue weighted by Crippen LogP contribution is -2.56. The number of carbonyl (C=O) groups excluding carboxylic acids is 5. The van der Waals surface area contributed by atoms with Gasteiger partial charge in [0.15, 0.2) is 17.4 Å². The van der Waals surface area contributed by atoms with Gasteiger partial charge in [0.05, 0.1) is 6.54 Å². The molecule has 2 aromatic heterocycles. The van der Waals surface area contributed by atoms with E-state index >= 15 is 0 Å². The first kappa shape index (κ1) is 42.9. The number of piperazine rings is 1. The average Bonchev–Trinajstić information content (AvgIpc) is 3.82. The molecule has 9 rings (SSSR count). The van der Waals surface area contributed by atoms with Crippen molar-refractivity contribution in [2.45, 2.75) is 58.7 Å². The van der Waals surface area contributed by atoms with E-state index in [0.29, 0.717) is 48.3 Å². The molecule has 16 heteroatoms. The van der Waals surface area contributed by atoms with Crippen LogP contribution in [0.15, 0.2) is 85.3 Å². The van der Waals surface area contributed by atoms with Crippen LogP contribution in [-0.4, -0.2) is 121 Å². The highest BCUT2D eigenvalue weighted by atomic mass is 16.2. The smallest absolute Gasteiger partial charge is 0.255 e. The Balaban J connectivity index is 0.000000201. The predicted octanol–water partition coefficient (Wildman–Crippen LogP) is 4.55. The number of nitrogens with one attached hydrogen (secondary N) is 2. The third-order valence-electron chi connectivity index (χ3n) is 12.3. The lowest BCUT2D eigenvalue weighted by molar-refractivity contribution is -0.136. The van der Waals surface area contributed by atoms with Crippen LogP contribution in [0.1, 0.15) is 87.6 Å². The number of carbonyl (C=O) groups is 5. The summed E-state index contributed by atoms with van der Waals surface area (Å²) in [7, 11) is 1.89. The maximum atomic E-state index is 13.0. The lowest BCUT2D eigenvalue weighted by Gasteiger charge is -2.44. The summed E-state index contributed by atoms with van der Waals surface area (Å²) in [5.41, 5.74) is 6.93. The van der Waals surface area contributed by atoms with E-state index in [1.807, 2.05) is 65.0 Å². The molecule has 1 unspecified atom stereocenters. The number of nitrogens with zero attached hydrogens (tertiary/aromatic N) is 9. The van der Waals surface area contributed by atoms with E-state index in [9.17, 15) is 24.0 Å². The van der Waals surface area contributed by atoms with Crippen LogP contribution in [0.4, 0.5) is 11.4 Å². The summed E-state index contributed by atoms with van der Waals surface area (Å²) >= 11 is 0. The van der Waals surface area contributed by atoms with Gasteiger partial charge in [-0.15, -0.1) is 10.2 Å². The molecule has 63 heavy (non-hydrogen) atoms. The van der Waals surface area contributed by atoms with E-state index in [1.54, 1.807) is 30.2 Å². The molecule has 1 atom stereocenters. The van der Waals surface area contributed by atoms with Crippen LogP contribution in [0, 0.1) is 5.92 Å². The Kier molecular flexibility index (Phi) is 12.7. The van der Waals surface area contributed by atoms with Gasteiger partial charge in [-0.3, -0.25) is 34.2 Å². The second-order valence-corrected chi connectivity index (χ2v) is 17.0. The Morgan fingerprint density at radius 2 is 1.68 bits per heavy atom. The molecule has 0 spiro atoms. The van der Waals surface area contributed by atoms with Crippen molar-refractivity contribution in [1.29, 1.82) is 0 Å². The van der Waals surface area contributed by atoms with Crippen LogP contribution in [0.3, 0.4) is 0 Å². The van der Waals surface area contributed by atoms with Crippen molar-refractivity contribution in [3.8, 4) is 11.5 Å². The quantitative estimate of drug-likeness (QED) is 0.140. The van der Waals surface area contributed by atoms with Crippen molar-refractivity contribution in [2.75, 3.05) is 56.0 Å². The molecule has 0 bridgehead atoms. The van der Waals surface area contributed by atoms with Crippen molar-refractivity contribution >= 4 is 40.8 Å². The van der Waals surface area contributed by atoms with E-state index in [1.165, 1.54) is 11.9 Å². The molecule has 6 heterocycles. The van der Waals surface area contributed by atoms with E-state index in [0.717, 1.165) is 79.8 Å². The minimum absolute atomic E-state index is 0.0401. The summed E-state index contributed by atoms with van der Waals surface area (Å²) in [6.07, 6.45) is 3.78. The number of aromatic nitrogens is 5. The molecule has 2 N–H and O–H groups in total. The molecule has 0 radical (unpaired) electrons. The Morgan fingerprint density at radius 1 is 0.905 bits per heavy atom. The molecule has 3 saturated heterocycles. The van der Waals surface area contributed by atoms with Crippen LogP contribution in [0.25, 0.3) is 11.5 Å². The predicted molar refractivity (Wildman–Crippen MR) is 237 cm³/mol. The molecular weight excluding hydrogens is 799 g/mol. The molecule has 3 fully saturated rings. The van der Waals surface area contributed by atoms with E-state index in [2.05, 4.69) is 66.6 Å². The summed E-state index contributed by atoms with van der Waals surface area (Å²) < 4.78 is 1.88. The number of imide groups is 1. The normalized spacial score (nSPS) is 17.8. The summed E-state index contributed by atoms with van der Waals surface area (Å²) in [5, 5.41) is 14.0. The molecular formula is C47H53N11O5. The molecule has 0 aliphatic carbocycles. The fourth-order valence-electron chi connectivity index (χ4n) is 8.57. The van der Waals surface area contributed by atoms with Crippen LogP contribution >= 0.6 is 0 Å². The first-order valence-corrected chi connectivity index (χ1v) is 21.6. The molecule has 16 nitrogen and oxygen atoms in total. The topological polar surface area (TPSA) is 179 Å². The van der Waals surface area contributed by atoms with Crippen molar-refractivity contribution < 1.29 is 24.0 Å². The molecule has 0 saturated carbocycles. The van der Waals surface area contributed by atoms with Gasteiger partial charge < -0.3 is 24.6 Å². The largest absolute Gasteiger partial charge is 0.378 e. The monoisotopic (exact) mass is 851 g/mol. The molecule has 4 aliphatic rings. The summed E-state index contributed by atoms with van der Waals surface area (Å²) in [6.45, 7) is 13.1. The number of hydrogen-bond donors (Lipinski definition) is 2.